The molecule has 1 aliphatic heterocycles. The zero-order valence-electron chi connectivity index (χ0n) is 19.9. The summed E-state index contributed by atoms with van der Waals surface area (Å²) in [6.45, 7) is 8.11. The first kappa shape index (κ1) is 25.3. The van der Waals surface area contributed by atoms with Crippen LogP contribution >= 0.6 is 0 Å². The van der Waals surface area contributed by atoms with E-state index in [4.69, 9.17) is 9.47 Å². The second-order valence-electron chi connectivity index (χ2n) is 9.03. The molecule has 1 aliphatic rings. The van der Waals surface area contributed by atoms with Gasteiger partial charge in [0, 0.05) is 32.2 Å². The predicted octanol–water partition coefficient (Wildman–Crippen LogP) is 2.61. The van der Waals surface area contributed by atoms with Crippen LogP contribution in [0.1, 0.15) is 49.8 Å². The molecule has 1 N–H and O–H groups in total. The van der Waals surface area contributed by atoms with Gasteiger partial charge in [-0.05, 0) is 39.8 Å². The van der Waals surface area contributed by atoms with Crippen LogP contribution in [0.15, 0.2) is 29.6 Å². The van der Waals surface area contributed by atoms with E-state index >= 15 is 0 Å². The molecule has 184 valence electrons. The minimum Gasteiger partial charge on any atom is -0.473 e. The lowest BCUT2D eigenvalue weighted by Crippen LogP contribution is -2.44. The molecule has 0 atom stereocenters. The molecule has 0 saturated carbocycles. The van der Waals surface area contributed by atoms with Crippen molar-refractivity contribution < 1.29 is 27.5 Å². The molecule has 1 saturated heterocycles. The molecular formula is C22H29N5O6S. The molecule has 0 unspecified atom stereocenters. The second-order valence-corrected chi connectivity index (χ2v) is 11.0. The van der Waals surface area contributed by atoms with Crippen LogP contribution < -0.4 is 10.1 Å². The Labute approximate surface area is 198 Å². The van der Waals surface area contributed by atoms with E-state index in [9.17, 15) is 18.0 Å². The maximum absolute atomic E-state index is 12.5. The number of hydrogen-bond acceptors (Lipinski definition) is 9. The molecule has 2 aromatic rings. The van der Waals surface area contributed by atoms with Crippen LogP contribution in [0.4, 0.5) is 10.5 Å². The maximum Gasteiger partial charge on any atom is 0.410 e. The summed E-state index contributed by atoms with van der Waals surface area (Å²) in [5.41, 5.74) is 0.264. The fourth-order valence-electron chi connectivity index (χ4n) is 3.21. The van der Waals surface area contributed by atoms with Gasteiger partial charge in [0.25, 0.3) is 5.91 Å². The number of nitrogens with zero attached hydrogens (tertiary/aromatic N) is 4. The molecule has 0 bridgehead atoms. The topological polar surface area (TPSA) is 141 Å². The van der Waals surface area contributed by atoms with Gasteiger partial charge in [-0.1, -0.05) is 0 Å². The molecule has 3 rings (SSSR count). The van der Waals surface area contributed by atoms with Gasteiger partial charge in [0.05, 0.1) is 23.8 Å². The van der Waals surface area contributed by atoms with Crippen molar-refractivity contribution in [2.75, 3.05) is 24.7 Å². The highest BCUT2D eigenvalue weighted by atomic mass is 32.2. The summed E-state index contributed by atoms with van der Waals surface area (Å²) in [5, 5.41) is 2.58. The van der Waals surface area contributed by atoms with Crippen LogP contribution in [-0.2, 0) is 14.6 Å². The molecule has 0 radical (unpaired) electrons. The quantitative estimate of drug-likeness (QED) is 0.668. The lowest BCUT2D eigenvalue weighted by Gasteiger charge is -2.33. The molecule has 0 aromatic carbocycles. The Kier molecular flexibility index (Phi) is 7.39. The van der Waals surface area contributed by atoms with E-state index in [-0.39, 0.29) is 28.8 Å². The molecule has 34 heavy (non-hydrogen) atoms. The van der Waals surface area contributed by atoms with Gasteiger partial charge < -0.3 is 19.7 Å². The first-order valence-corrected chi connectivity index (χ1v) is 12.7. The highest BCUT2D eigenvalue weighted by Crippen LogP contribution is 2.20. The van der Waals surface area contributed by atoms with E-state index in [2.05, 4.69) is 20.3 Å². The molecule has 2 aromatic heterocycles. The number of carbonyl (C=O) groups is 2. The number of hydrogen-bond donors (Lipinski definition) is 1. The second kappa shape index (κ2) is 9.92. The number of piperidine rings is 1. The Balaban J connectivity index is 1.54. The Hall–Kier alpha value is -3.28. The number of anilines is 1. The van der Waals surface area contributed by atoms with Crippen molar-refractivity contribution in [2.24, 2.45) is 0 Å². The average Bonchev–Trinajstić information content (AvgIpc) is 2.74. The Bertz CT molecular complexity index is 1150. The minimum atomic E-state index is -3.44. The maximum atomic E-state index is 12.5. The summed E-state index contributed by atoms with van der Waals surface area (Å²) in [6, 6.07) is 2.81. The fraction of sp³-hybridized carbons (Fsp3) is 0.500. The normalized spacial score (nSPS) is 15.0. The van der Waals surface area contributed by atoms with Crippen LogP contribution in [0, 0.1) is 6.92 Å². The summed E-state index contributed by atoms with van der Waals surface area (Å²) in [6.07, 6.45) is 4.52. The lowest BCUT2D eigenvalue weighted by atomic mass is 10.1. The predicted molar refractivity (Wildman–Crippen MR) is 124 cm³/mol. The zero-order chi connectivity index (χ0) is 25.1. The number of carbonyl (C=O) groups excluding carboxylic acids is 2. The number of rotatable bonds is 5. The number of amides is 2. The van der Waals surface area contributed by atoms with Gasteiger partial charge in [-0.25, -0.2) is 28.2 Å². The van der Waals surface area contributed by atoms with Crippen LogP contribution in [0.25, 0.3) is 0 Å². The summed E-state index contributed by atoms with van der Waals surface area (Å²) in [5.74, 6) is -0.232. The smallest absolute Gasteiger partial charge is 0.410 e. The van der Waals surface area contributed by atoms with Crippen molar-refractivity contribution >= 4 is 27.5 Å². The number of likely N-dealkylation sites (tertiary alicyclic amines) is 1. The van der Waals surface area contributed by atoms with Gasteiger partial charge in [0.1, 0.15) is 17.4 Å². The molecule has 12 heteroatoms. The third-order valence-corrected chi connectivity index (χ3v) is 5.92. The van der Waals surface area contributed by atoms with Crippen LogP contribution in [-0.4, -0.2) is 71.3 Å². The molecule has 0 aliphatic carbocycles. The summed E-state index contributed by atoms with van der Waals surface area (Å²) in [4.78, 5) is 38.6. The van der Waals surface area contributed by atoms with Gasteiger partial charge >= 0.3 is 6.09 Å². The van der Waals surface area contributed by atoms with Crippen molar-refractivity contribution in [1.29, 1.82) is 0 Å². The van der Waals surface area contributed by atoms with Gasteiger partial charge in [0.15, 0.2) is 14.9 Å². The molecule has 0 spiro atoms. The van der Waals surface area contributed by atoms with Crippen LogP contribution in [0.5, 0.6) is 5.88 Å². The largest absolute Gasteiger partial charge is 0.473 e. The monoisotopic (exact) mass is 491 g/mol. The fourth-order valence-corrected chi connectivity index (χ4v) is 3.83. The van der Waals surface area contributed by atoms with Gasteiger partial charge in [-0.2, -0.15) is 0 Å². The van der Waals surface area contributed by atoms with Gasteiger partial charge in [-0.15, -0.1) is 0 Å². The number of pyridine rings is 1. The summed E-state index contributed by atoms with van der Waals surface area (Å²) in [7, 11) is -3.44. The SMILES string of the molecule is Cc1nc(S(C)(=O)=O)ccc1NC(=O)c1cnc(OC2CCN(C(=O)OC(C)(C)C)CC2)cn1. The van der Waals surface area contributed by atoms with E-state index in [0.717, 1.165) is 6.26 Å². The molecule has 11 nitrogen and oxygen atoms in total. The summed E-state index contributed by atoms with van der Waals surface area (Å²) >= 11 is 0. The van der Waals surface area contributed by atoms with Crippen LogP contribution in [0.3, 0.4) is 0 Å². The van der Waals surface area contributed by atoms with E-state index < -0.39 is 21.3 Å². The Morgan fingerprint density at radius 3 is 2.32 bits per heavy atom. The standard InChI is InChI=1S/C22H29N5O6S/c1-14-16(6-7-19(25-14)34(5,30)31)26-20(28)17-12-24-18(13-23-17)32-15-8-10-27(11-9-15)21(29)33-22(2,3)4/h6-7,12-13,15H,8-11H2,1-5H3,(H,26,28). The van der Waals surface area contributed by atoms with E-state index in [1.807, 2.05) is 20.8 Å². The first-order chi connectivity index (χ1) is 15.8. The number of sulfone groups is 1. The Morgan fingerprint density at radius 2 is 1.79 bits per heavy atom. The number of nitrogens with one attached hydrogen (secondary N) is 1. The highest BCUT2D eigenvalue weighted by molar-refractivity contribution is 7.90. The van der Waals surface area contributed by atoms with E-state index in [0.29, 0.717) is 37.3 Å². The number of aromatic nitrogens is 3. The van der Waals surface area contributed by atoms with Crippen LogP contribution in [0.2, 0.25) is 0 Å². The molecular weight excluding hydrogens is 462 g/mol. The molecule has 1 fully saturated rings. The van der Waals surface area contributed by atoms with Gasteiger partial charge in [0.2, 0.25) is 5.88 Å². The zero-order valence-corrected chi connectivity index (χ0v) is 20.7. The van der Waals surface area contributed by atoms with Crippen molar-refractivity contribution in [3.05, 3.63) is 35.9 Å². The number of ether oxygens (including phenoxy) is 2. The average molecular weight is 492 g/mol. The van der Waals surface area contributed by atoms with Crippen molar-refractivity contribution in [3.63, 3.8) is 0 Å². The lowest BCUT2D eigenvalue weighted by molar-refractivity contribution is 0.0122. The third-order valence-electron chi connectivity index (χ3n) is 4.93. The van der Waals surface area contributed by atoms with Crippen molar-refractivity contribution in [2.45, 2.75) is 57.3 Å². The molecule has 2 amide bonds. The van der Waals surface area contributed by atoms with Crippen molar-refractivity contribution in [1.82, 2.24) is 19.9 Å². The van der Waals surface area contributed by atoms with E-state index in [1.54, 1.807) is 11.8 Å². The number of aryl methyl sites for hydroxylation is 1. The minimum absolute atomic E-state index is 0.0682. The first-order valence-electron chi connectivity index (χ1n) is 10.8. The Morgan fingerprint density at radius 1 is 1.12 bits per heavy atom. The third kappa shape index (κ3) is 6.86. The van der Waals surface area contributed by atoms with Crippen molar-refractivity contribution in [3.8, 4) is 5.88 Å². The molecule has 3 heterocycles. The summed E-state index contributed by atoms with van der Waals surface area (Å²) < 4.78 is 34.5. The highest BCUT2D eigenvalue weighted by Gasteiger charge is 2.28. The van der Waals surface area contributed by atoms with E-state index in [1.165, 1.54) is 24.5 Å². The van der Waals surface area contributed by atoms with Gasteiger partial charge in [-0.3, -0.25) is 4.79 Å².